The molecule has 11 heavy (non-hydrogen) atoms. The minimum absolute atomic E-state index is 0. The third-order valence-electron chi connectivity index (χ3n) is 2.37. The van der Waals surface area contributed by atoms with Crippen LogP contribution in [0.5, 0.6) is 0 Å². The number of rotatable bonds is 2. The summed E-state index contributed by atoms with van der Waals surface area (Å²) in [5, 5.41) is 11.9. The van der Waals surface area contributed by atoms with Crippen molar-refractivity contribution in [2.24, 2.45) is 5.41 Å². The maximum absolute atomic E-state index is 10.7. The van der Waals surface area contributed by atoms with Crippen LogP contribution >= 0.6 is 12.4 Å². The van der Waals surface area contributed by atoms with Gasteiger partial charge in [0.15, 0.2) is 0 Å². The van der Waals surface area contributed by atoms with Gasteiger partial charge in [0.1, 0.15) is 0 Å². The third-order valence-corrected chi connectivity index (χ3v) is 2.37. The Bertz CT molecular complexity index is 143. The van der Waals surface area contributed by atoms with Gasteiger partial charge in [0.2, 0.25) is 0 Å². The van der Waals surface area contributed by atoms with E-state index in [9.17, 15) is 4.79 Å². The van der Waals surface area contributed by atoms with Crippen molar-refractivity contribution in [1.82, 2.24) is 5.32 Å². The molecule has 4 heteroatoms. The summed E-state index contributed by atoms with van der Waals surface area (Å²) < 4.78 is 0. The molecule has 0 saturated carbocycles. The molecule has 0 bridgehead atoms. The first-order valence-corrected chi connectivity index (χ1v) is 3.65. The van der Waals surface area contributed by atoms with Crippen LogP contribution in [0.2, 0.25) is 0 Å². The maximum Gasteiger partial charge on any atom is 0.310 e. The summed E-state index contributed by atoms with van der Waals surface area (Å²) in [6.07, 6.45) is 1.51. The average Bonchev–Trinajstić information content (AvgIpc) is 2.35. The van der Waals surface area contributed by atoms with E-state index in [4.69, 9.17) is 5.11 Å². The Morgan fingerprint density at radius 1 is 1.73 bits per heavy atom. The predicted octanol–water partition coefficient (Wildman–Crippen LogP) is 0.882. The zero-order valence-electron chi connectivity index (χ0n) is 6.59. The zero-order chi connectivity index (χ0) is 7.61. The number of hydrogen-bond donors (Lipinski definition) is 2. The number of hydrogen-bond acceptors (Lipinski definition) is 2. The van der Waals surface area contributed by atoms with Crippen molar-refractivity contribution in [3.05, 3.63) is 0 Å². The van der Waals surface area contributed by atoms with Crippen molar-refractivity contribution in [2.45, 2.75) is 19.8 Å². The molecule has 1 unspecified atom stereocenters. The molecule has 0 amide bonds. The smallest absolute Gasteiger partial charge is 0.310 e. The minimum Gasteiger partial charge on any atom is -0.481 e. The van der Waals surface area contributed by atoms with E-state index < -0.39 is 11.4 Å². The number of carboxylic acid groups (broad SMARTS) is 1. The number of carboxylic acids is 1. The molecule has 0 spiro atoms. The van der Waals surface area contributed by atoms with Gasteiger partial charge in [0, 0.05) is 6.54 Å². The normalized spacial score (nSPS) is 29.5. The van der Waals surface area contributed by atoms with Crippen molar-refractivity contribution in [3.8, 4) is 0 Å². The van der Waals surface area contributed by atoms with Gasteiger partial charge in [-0.2, -0.15) is 0 Å². The lowest BCUT2D eigenvalue weighted by molar-refractivity contribution is -0.147. The summed E-state index contributed by atoms with van der Waals surface area (Å²) in [6, 6.07) is 0. The second-order valence-electron chi connectivity index (χ2n) is 2.87. The molecule has 1 rings (SSSR count). The highest BCUT2D eigenvalue weighted by Gasteiger charge is 2.39. The first-order valence-electron chi connectivity index (χ1n) is 3.65. The highest BCUT2D eigenvalue weighted by molar-refractivity contribution is 5.85. The lowest BCUT2D eigenvalue weighted by atomic mass is 9.85. The van der Waals surface area contributed by atoms with E-state index in [0.717, 1.165) is 19.4 Å². The van der Waals surface area contributed by atoms with Crippen LogP contribution < -0.4 is 5.32 Å². The fourth-order valence-electron chi connectivity index (χ4n) is 1.38. The van der Waals surface area contributed by atoms with Gasteiger partial charge in [-0.25, -0.2) is 0 Å². The number of nitrogens with one attached hydrogen (secondary N) is 1. The zero-order valence-corrected chi connectivity index (χ0v) is 7.41. The SMILES string of the molecule is CCC1(C(=O)O)CCNC1.Cl. The van der Waals surface area contributed by atoms with Gasteiger partial charge in [-0.1, -0.05) is 6.92 Å². The number of aliphatic carboxylic acids is 1. The molecule has 1 heterocycles. The first kappa shape index (κ1) is 10.7. The van der Waals surface area contributed by atoms with Gasteiger partial charge in [-0.05, 0) is 19.4 Å². The van der Waals surface area contributed by atoms with Crippen LogP contribution in [0.1, 0.15) is 19.8 Å². The molecule has 0 aromatic carbocycles. The third kappa shape index (κ3) is 1.84. The van der Waals surface area contributed by atoms with Gasteiger partial charge in [0.05, 0.1) is 5.41 Å². The summed E-state index contributed by atoms with van der Waals surface area (Å²) in [4.78, 5) is 10.7. The standard InChI is InChI=1S/C7H13NO2.ClH/c1-2-7(6(9)10)3-4-8-5-7;/h8H,2-5H2,1H3,(H,9,10);1H. The second kappa shape index (κ2) is 3.93. The fraction of sp³-hybridized carbons (Fsp3) is 0.857. The highest BCUT2D eigenvalue weighted by atomic mass is 35.5. The molecule has 0 radical (unpaired) electrons. The second-order valence-corrected chi connectivity index (χ2v) is 2.87. The Labute approximate surface area is 72.6 Å². The van der Waals surface area contributed by atoms with Crippen LogP contribution in [-0.4, -0.2) is 24.2 Å². The van der Waals surface area contributed by atoms with E-state index in [1.165, 1.54) is 0 Å². The van der Waals surface area contributed by atoms with Crippen LogP contribution in [-0.2, 0) is 4.79 Å². The van der Waals surface area contributed by atoms with E-state index in [0.29, 0.717) is 6.54 Å². The van der Waals surface area contributed by atoms with E-state index in [2.05, 4.69) is 5.32 Å². The molecular formula is C7H14ClNO2. The van der Waals surface area contributed by atoms with Gasteiger partial charge in [-0.3, -0.25) is 4.79 Å². The van der Waals surface area contributed by atoms with Crippen molar-refractivity contribution < 1.29 is 9.90 Å². The molecular weight excluding hydrogens is 166 g/mol. The summed E-state index contributed by atoms with van der Waals surface area (Å²) in [5.41, 5.74) is -0.458. The van der Waals surface area contributed by atoms with Crippen LogP contribution in [0.15, 0.2) is 0 Å². The highest BCUT2D eigenvalue weighted by Crippen LogP contribution is 2.29. The number of halogens is 1. The average molecular weight is 180 g/mol. The minimum atomic E-state index is -0.653. The Morgan fingerprint density at radius 3 is 2.55 bits per heavy atom. The lowest BCUT2D eigenvalue weighted by Gasteiger charge is -2.19. The molecule has 0 aliphatic carbocycles. The fourth-order valence-corrected chi connectivity index (χ4v) is 1.38. The summed E-state index contributed by atoms with van der Waals surface area (Å²) in [5.74, 6) is -0.653. The summed E-state index contributed by atoms with van der Waals surface area (Å²) in [6.45, 7) is 3.42. The van der Waals surface area contributed by atoms with Crippen molar-refractivity contribution >= 4 is 18.4 Å². The van der Waals surface area contributed by atoms with E-state index in [-0.39, 0.29) is 12.4 Å². The molecule has 1 aliphatic heterocycles. The van der Waals surface area contributed by atoms with E-state index in [1.807, 2.05) is 6.92 Å². The molecule has 1 fully saturated rings. The van der Waals surface area contributed by atoms with Crippen molar-refractivity contribution in [1.29, 1.82) is 0 Å². The summed E-state index contributed by atoms with van der Waals surface area (Å²) >= 11 is 0. The quantitative estimate of drug-likeness (QED) is 0.662. The largest absolute Gasteiger partial charge is 0.481 e. The van der Waals surface area contributed by atoms with Crippen LogP contribution in [0.25, 0.3) is 0 Å². The molecule has 2 N–H and O–H groups in total. The summed E-state index contributed by atoms with van der Waals surface area (Å²) in [7, 11) is 0. The number of carbonyl (C=O) groups is 1. The lowest BCUT2D eigenvalue weighted by Crippen LogP contribution is -2.32. The van der Waals surface area contributed by atoms with Crippen LogP contribution in [0, 0.1) is 5.41 Å². The van der Waals surface area contributed by atoms with Crippen LogP contribution in [0.3, 0.4) is 0 Å². The van der Waals surface area contributed by atoms with Crippen molar-refractivity contribution in [3.63, 3.8) is 0 Å². The Kier molecular flexibility index (Phi) is 3.83. The molecule has 3 nitrogen and oxygen atoms in total. The Morgan fingerprint density at radius 2 is 2.36 bits per heavy atom. The van der Waals surface area contributed by atoms with Gasteiger partial charge < -0.3 is 10.4 Å². The Balaban J connectivity index is 0.000001000. The monoisotopic (exact) mass is 179 g/mol. The first-order chi connectivity index (χ1) is 4.71. The van der Waals surface area contributed by atoms with Gasteiger partial charge in [0.25, 0.3) is 0 Å². The van der Waals surface area contributed by atoms with Gasteiger partial charge in [-0.15, -0.1) is 12.4 Å². The molecule has 0 aromatic heterocycles. The molecule has 1 saturated heterocycles. The maximum atomic E-state index is 10.7. The van der Waals surface area contributed by atoms with Crippen molar-refractivity contribution in [2.75, 3.05) is 13.1 Å². The molecule has 66 valence electrons. The molecule has 1 atom stereocenters. The van der Waals surface area contributed by atoms with Crippen LogP contribution in [0.4, 0.5) is 0 Å². The molecule has 1 aliphatic rings. The Hall–Kier alpha value is -0.280. The van der Waals surface area contributed by atoms with E-state index >= 15 is 0 Å². The van der Waals surface area contributed by atoms with Gasteiger partial charge >= 0.3 is 5.97 Å². The molecule has 0 aromatic rings. The predicted molar refractivity (Wildman–Crippen MR) is 45.1 cm³/mol. The topological polar surface area (TPSA) is 49.3 Å². The van der Waals surface area contributed by atoms with E-state index in [1.54, 1.807) is 0 Å².